The molecule has 0 saturated carbocycles. The Morgan fingerprint density at radius 1 is 1.00 bits per heavy atom. The van der Waals surface area contributed by atoms with Gasteiger partial charge >= 0.3 is 0 Å². The molecule has 2 fully saturated rings. The standard InChI is InChI=1S/C14H20N6.2C2H6/c1-19-6-2-4-14(19)5-3-7-20(8-14)13-11-12(16-9-15-11)17-10-18-13;2*1-2/h9-10H,2-8H2,1H3,(H,15,16,17,18);2*1-2H3. The molecule has 4 rings (SSSR count). The van der Waals surface area contributed by atoms with Gasteiger partial charge in [-0.2, -0.15) is 0 Å². The molecular weight excluding hydrogens is 300 g/mol. The van der Waals surface area contributed by atoms with Crippen molar-refractivity contribution < 1.29 is 0 Å². The first-order valence-corrected chi connectivity index (χ1v) is 9.39. The number of hydrogen-bond acceptors (Lipinski definition) is 5. The summed E-state index contributed by atoms with van der Waals surface area (Å²) in [5.74, 6) is 1.01. The van der Waals surface area contributed by atoms with E-state index in [0.717, 1.165) is 30.1 Å². The molecule has 24 heavy (non-hydrogen) atoms. The van der Waals surface area contributed by atoms with E-state index < -0.39 is 0 Å². The van der Waals surface area contributed by atoms with E-state index in [1.807, 2.05) is 27.7 Å². The third-order valence-electron chi connectivity index (χ3n) is 5.00. The minimum atomic E-state index is 0.343. The number of piperidine rings is 1. The Morgan fingerprint density at radius 3 is 2.42 bits per heavy atom. The van der Waals surface area contributed by atoms with Crippen LogP contribution in [0.2, 0.25) is 0 Å². The first-order valence-electron chi connectivity index (χ1n) is 9.39. The van der Waals surface area contributed by atoms with Gasteiger partial charge in [-0.1, -0.05) is 27.7 Å². The van der Waals surface area contributed by atoms with Gasteiger partial charge in [-0.3, -0.25) is 4.90 Å². The van der Waals surface area contributed by atoms with E-state index in [1.165, 1.54) is 32.2 Å². The zero-order valence-electron chi connectivity index (χ0n) is 15.8. The van der Waals surface area contributed by atoms with Gasteiger partial charge in [0.15, 0.2) is 11.5 Å². The molecule has 2 aliphatic heterocycles. The number of nitrogens with zero attached hydrogens (tertiary/aromatic N) is 5. The highest BCUT2D eigenvalue weighted by molar-refractivity contribution is 5.82. The fourth-order valence-corrected chi connectivity index (χ4v) is 3.87. The Hall–Kier alpha value is -1.69. The van der Waals surface area contributed by atoms with Gasteiger partial charge in [0.25, 0.3) is 0 Å². The van der Waals surface area contributed by atoms with Crippen LogP contribution in [-0.4, -0.2) is 57.1 Å². The molecular formula is C18H32N6. The lowest BCUT2D eigenvalue weighted by atomic mass is 9.86. The monoisotopic (exact) mass is 332 g/mol. The van der Waals surface area contributed by atoms with Gasteiger partial charge in [-0.05, 0) is 39.3 Å². The van der Waals surface area contributed by atoms with Gasteiger partial charge in [0.05, 0.1) is 6.33 Å². The topological polar surface area (TPSA) is 60.9 Å². The van der Waals surface area contributed by atoms with Crippen LogP contribution in [0, 0.1) is 0 Å². The Bertz CT molecular complexity index is 625. The second-order valence-corrected chi connectivity index (χ2v) is 6.07. The van der Waals surface area contributed by atoms with E-state index in [0.29, 0.717) is 5.54 Å². The largest absolute Gasteiger partial charge is 0.353 e. The van der Waals surface area contributed by atoms with Crippen molar-refractivity contribution in [3.8, 4) is 0 Å². The van der Waals surface area contributed by atoms with Gasteiger partial charge in [-0.25, -0.2) is 15.0 Å². The molecule has 1 N–H and O–H groups in total. The minimum absolute atomic E-state index is 0.343. The lowest BCUT2D eigenvalue weighted by molar-refractivity contribution is 0.147. The number of rotatable bonds is 1. The van der Waals surface area contributed by atoms with Crippen LogP contribution in [0.4, 0.5) is 5.82 Å². The SMILES string of the molecule is CC.CC.CN1CCCC12CCCN(c1ncnc3nc[nH]c13)C2. The van der Waals surface area contributed by atoms with Gasteiger partial charge < -0.3 is 9.88 Å². The lowest BCUT2D eigenvalue weighted by Crippen LogP contribution is -2.54. The van der Waals surface area contributed by atoms with Crippen LogP contribution in [0.25, 0.3) is 11.2 Å². The van der Waals surface area contributed by atoms with Crippen LogP contribution < -0.4 is 4.90 Å². The smallest absolute Gasteiger partial charge is 0.182 e. The highest BCUT2D eigenvalue weighted by Crippen LogP contribution is 2.37. The predicted molar refractivity (Wildman–Crippen MR) is 100 cm³/mol. The molecule has 2 aliphatic rings. The third-order valence-corrected chi connectivity index (χ3v) is 5.00. The number of aromatic nitrogens is 4. The average molecular weight is 332 g/mol. The molecule has 2 aromatic heterocycles. The van der Waals surface area contributed by atoms with Crippen molar-refractivity contribution in [3.63, 3.8) is 0 Å². The molecule has 2 aromatic rings. The first-order chi connectivity index (χ1) is 11.8. The van der Waals surface area contributed by atoms with E-state index in [2.05, 4.69) is 36.8 Å². The van der Waals surface area contributed by atoms with E-state index >= 15 is 0 Å². The van der Waals surface area contributed by atoms with Crippen molar-refractivity contribution in [2.75, 3.05) is 31.6 Å². The number of likely N-dealkylation sites (tertiary alicyclic amines) is 1. The van der Waals surface area contributed by atoms with Crippen LogP contribution in [-0.2, 0) is 0 Å². The van der Waals surface area contributed by atoms with E-state index in [9.17, 15) is 0 Å². The molecule has 1 atom stereocenters. The fraction of sp³-hybridized carbons (Fsp3) is 0.722. The molecule has 134 valence electrons. The summed E-state index contributed by atoms with van der Waals surface area (Å²) in [7, 11) is 2.27. The van der Waals surface area contributed by atoms with Crippen LogP contribution in [0.15, 0.2) is 12.7 Å². The number of anilines is 1. The number of likely N-dealkylation sites (N-methyl/N-ethyl adjacent to an activating group) is 1. The van der Waals surface area contributed by atoms with Crippen molar-refractivity contribution in [3.05, 3.63) is 12.7 Å². The summed E-state index contributed by atoms with van der Waals surface area (Å²) < 4.78 is 0. The second kappa shape index (κ2) is 8.42. The molecule has 0 aromatic carbocycles. The van der Waals surface area contributed by atoms with E-state index in [-0.39, 0.29) is 0 Å². The zero-order valence-corrected chi connectivity index (χ0v) is 15.8. The number of hydrogen-bond donors (Lipinski definition) is 1. The number of fused-ring (bicyclic) bond motifs is 1. The number of H-pyrrole nitrogens is 1. The predicted octanol–water partition coefficient (Wildman–Crippen LogP) is 3.47. The molecule has 0 radical (unpaired) electrons. The highest BCUT2D eigenvalue weighted by Gasteiger charge is 2.42. The van der Waals surface area contributed by atoms with Crippen LogP contribution in [0.3, 0.4) is 0 Å². The zero-order chi connectivity index (χ0) is 17.6. The quantitative estimate of drug-likeness (QED) is 0.866. The van der Waals surface area contributed by atoms with Crippen molar-refractivity contribution in [2.24, 2.45) is 0 Å². The Labute approximate surface area is 145 Å². The number of nitrogens with one attached hydrogen (secondary N) is 1. The molecule has 4 heterocycles. The minimum Gasteiger partial charge on any atom is -0.353 e. The van der Waals surface area contributed by atoms with Crippen molar-refractivity contribution in [1.29, 1.82) is 0 Å². The molecule has 0 bridgehead atoms. The Kier molecular flexibility index (Phi) is 6.54. The van der Waals surface area contributed by atoms with Crippen molar-refractivity contribution >= 4 is 17.0 Å². The van der Waals surface area contributed by atoms with Gasteiger partial charge in [0.2, 0.25) is 0 Å². The van der Waals surface area contributed by atoms with E-state index in [4.69, 9.17) is 0 Å². The molecule has 0 amide bonds. The van der Waals surface area contributed by atoms with Crippen LogP contribution in [0.5, 0.6) is 0 Å². The summed E-state index contributed by atoms with van der Waals surface area (Å²) >= 11 is 0. The number of imidazole rings is 1. The summed E-state index contributed by atoms with van der Waals surface area (Å²) in [4.78, 5) is 21.1. The highest BCUT2D eigenvalue weighted by atomic mass is 15.3. The summed E-state index contributed by atoms with van der Waals surface area (Å²) in [5.41, 5.74) is 2.06. The Morgan fingerprint density at radius 2 is 1.71 bits per heavy atom. The van der Waals surface area contributed by atoms with Gasteiger partial charge in [0, 0.05) is 18.6 Å². The lowest BCUT2D eigenvalue weighted by Gasteiger charge is -2.45. The molecule has 0 aliphatic carbocycles. The molecule has 6 nitrogen and oxygen atoms in total. The summed E-state index contributed by atoms with van der Waals surface area (Å²) in [6.45, 7) is 11.4. The van der Waals surface area contributed by atoms with Crippen LogP contribution >= 0.6 is 0 Å². The molecule has 2 saturated heterocycles. The summed E-state index contributed by atoms with van der Waals surface area (Å²) in [5, 5.41) is 0. The first kappa shape index (κ1) is 18.6. The third kappa shape index (κ3) is 3.38. The van der Waals surface area contributed by atoms with Gasteiger partial charge in [0.1, 0.15) is 11.8 Å². The Balaban J connectivity index is 0.000000487. The molecule has 6 heteroatoms. The van der Waals surface area contributed by atoms with Crippen molar-refractivity contribution in [2.45, 2.75) is 58.9 Å². The normalized spacial score (nSPS) is 23.6. The van der Waals surface area contributed by atoms with Crippen molar-refractivity contribution in [1.82, 2.24) is 24.8 Å². The number of aromatic amines is 1. The maximum Gasteiger partial charge on any atom is 0.182 e. The maximum absolute atomic E-state index is 4.51. The molecule has 1 unspecified atom stereocenters. The van der Waals surface area contributed by atoms with Gasteiger partial charge in [-0.15, -0.1) is 0 Å². The summed E-state index contributed by atoms with van der Waals surface area (Å²) in [6.07, 6.45) is 8.47. The second-order valence-electron chi connectivity index (χ2n) is 6.07. The summed E-state index contributed by atoms with van der Waals surface area (Å²) in [6, 6.07) is 0. The average Bonchev–Trinajstić information content (AvgIpc) is 3.26. The van der Waals surface area contributed by atoms with Crippen LogP contribution in [0.1, 0.15) is 53.4 Å². The fourth-order valence-electron chi connectivity index (χ4n) is 3.87. The molecule has 1 spiro atoms. The maximum atomic E-state index is 4.51. The van der Waals surface area contributed by atoms with E-state index in [1.54, 1.807) is 12.7 Å².